The molecule has 0 amide bonds. The van der Waals surface area contributed by atoms with E-state index in [4.69, 9.17) is 0 Å². The zero-order valence-electron chi connectivity index (χ0n) is 12.2. The Morgan fingerprint density at radius 3 is 1.20 bits per heavy atom. The van der Waals surface area contributed by atoms with Crippen molar-refractivity contribution in [3.63, 3.8) is 0 Å². The average Bonchev–Trinajstić information content (AvgIpc) is 2.48. The van der Waals surface area contributed by atoms with Gasteiger partial charge in [-0.15, -0.1) is 20.1 Å². The minimum atomic E-state index is -2.12. The number of rotatable bonds is 10. The molecule has 4 nitrogen and oxygen atoms in total. The lowest BCUT2D eigenvalue weighted by atomic mass is 10.3. The van der Waals surface area contributed by atoms with Gasteiger partial charge in [0.25, 0.3) is 0 Å². The minimum absolute atomic E-state index is 0.304. The van der Waals surface area contributed by atoms with Gasteiger partial charge in [0.1, 0.15) is 0 Å². The van der Waals surface area contributed by atoms with Crippen molar-refractivity contribution in [3.05, 3.63) is 0 Å². The maximum atomic E-state index is 11.6. The molecule has 0 unspecified atom stereocenters. The number of carbonyl (C=O) groups is 4. The second-order valence-corrected chi connectivity index (χ2v) is 12.1. The Bertz CT molecular complexity index is 319. The van der Waals surface area contributed by atoms with E-state index in [9.17, 15) is 19.2 Å². The molecule has 6 heteroatoms. The van der Waals surface area contributed by atoms with Crippen LogP contribution in [0.15, 0.2) is 0 Å². The van der Waals surface area contributed by atoms with Crippen LogP contribution in [0, 0.1) is 0 Å². The molecule has 20 heavy (non-hydrogen) atoms. The molecule has 1 aliphatic rings. The first-order valence-corrected chi connectivity index (χ1v) is 10.8. The minimum Gasteiger partial charge on any atom is -0.292 e. The summed E-state index contributed by atoms with van der Waals surface area (Å²) in [6.07, 6.45) is 4.82. The van der Waals surface area contributed by atoms with E-state index in [1.165, 1.54) is 0 Å². The molecule has 0 saturated carbocycles. The van der Waals surface area contributed by atoms with Crippen molar-refractivity contribution in [1.29, 1.82) is 0 Å². The number of unbranched alkanes of at least 4 members (excludes halogenated alkanes) is 2. The SMILES string of the molecule is CCCCC1S(C=O)(C=O)C(CCCC)S1(C=O)C=O. The van der Waals surface area contributed by atoms with Crippen molar-refractivity contribution in [1.82, 2.24) is 0 Å². The molecule has 0 aromatic rings. The summed E-state index contributed by atoms with van der Waals surface area (Å²) in [6, 6.07) is 0. The largest absolute Gasteiger partial charge is 0.292 e. The normalized spacial score (nSPS) is 29.5. The van der Waals surface area contributed by atoms with Crippen LogP contribution in [0.3, 0.4) is 0 Å². The maximum Gasteiger partial charge on any atom is 0.167 e. The fourth-order valence-corrected chi connectivity index (χ4v) is 13.5. The van der Waals surface area contributed by atoms with Gasteiger partial charge in [-0.3, -0.25) is 19.2 Å². The van der Waals surface area contributed by atoms with Crippen LogP contribution in [-0.2, 0) is 19.2 Å². The molecule has 0 aliphatic carbocycles. The summed E-state index contributed by atoms with van der Waals surface area (Å²) in [5, 5.41) is 0. The van der Waals surface area contributed by atoms with Crippen LogP contribution in [0.2, 0.25) is 0 Å². The van der Waals surface area contributed by atoms with Gasteiger partial charge in [-0.2, -0.15) is 0 Å². The van der Waals surface area contributed by atoms with Gasteiger partial charge < -0.3 is 0 Å². The highest BCUT2D eigenvalue weighted by Crippen LogP contribution is 2.86. The third-order valence-corrected chi connectivity index (χ3v) is 14.0. The van der Waals surface area contributed by atoms with Gasteiger partial charge in [0.05, 0.1) is 0 Å². The third-order valence-electron chi connectivity index (χ3n) is 4.07. The molecular formula is C14H24O4S2. The van der Waals surface area contributed by atoms with E-state index in [0.29, 0.717) is 12.8 Å². The Kier molecular flexibility index (Phi) is 6.45. The highest BCUT2D eigenvalue weighted by Gasteiger charge is 2.64. The highest BCUT2D eigenvalue weighted by atomic mass is 32.4. The number of carbonyl (C=O) groups excluding carboxylic acids is 4. The fraction of sp³-hybridized carbons (Fsp3) is 0.714. The van der Waals surface area contributed by atoms with E-state index in [2.05, 4.69) is 0 Å². The molecule has 0 spiro atoms. The van der Waals surface area contributed by atoms with E-state index in [1.54, 1.807) is 0 Å². The zero-order chi connectivity index (χ0) is 15.2. The van der Waals surface area contributed by atoms with Crippen LogP contribution in [0.5, 0.6) is 0 Å². The monoisotopic (exact) mass is 320 g/mol. The lowest BCUT2D eigenvalue weighted by Crippen LogP contribution is -2.51. The Morgan fingerprint density at radius 2 is 1.00 bits per heavy atom. The molecular weight excluding hydrogens is 296 g/mol. The van der Waals surface area contributed by atoms with Crippen LogP contribution in [-0.4, -0.2) is 31.6 Å². The van der Waals surface area contributed by atoms with Crippen molar-refractivity contribution in [2.75, 3.05) is 0 Å². The first-order chi connectivity index (χ1) is 9.63. The fourth-order valence-electron chi connectivity index (χ4n) is 2.96. The van der Waals surface area contributed by atoms with E-state index in [1.807, 2.05) is 13.8 Å². The molecule has 0 aromatic heterocycles. The van der Waals surface area contributed by atoms with Crippen molar-refractivity contribution in [3.8, 4) is 0 Å². The third kappa shape index (κ3) is 2.48. The first-order valence-electron chi connectivity index (χ1n) is 7.06. The second-order valence-electron chi connectivity index (χ2n) is 5.16. The van der Waals surface area contributed by atoms with Gasteiger partial charge in [-0.05, 0) is 12.8 Å². The molecule has 0 atom stereocenters. The Labute approximate surface area is 123 Å². The Morgan fingerprint density at radius 1 is 0.700 bits per heavy atom. The zero-order valence-corrected chi connectivity index (χ0v) is 13.8. The summed E-state index contributed by atoms with van der Waals surface area (Å²) in [4.78, 5) is 46.4. The maximum absolute atomic E-state index is 11.6. The lowest BCUT2D eigenvalue weighted by molar-refractivity contribution is 0.562. The molecule has 0 N–H and O–H groups in total. The Hall–Kier alpha value is -0.620. The van der Waals surface area contributed by atoms with Crippen LogP contribution in [0.25, 0.3) is 0 Å². The predicted molar refractivity (Wildman–Crippen MR) is 88.8 cm³/mol. The molecule has 0 bridgehead atoms. The molecule has 0 radical (unpaired) electrons. The smallest absolute Gasteiger partial charge is 0.167 e. The van der Waals surface area contributed by atoms with E-state index >= 15 is 0 Å². The second kappa shape index (κ2) is 7.41. The van der Waals surface area contributed by atoms with Crippen LogP contribution >= 0.6 is 20.1 Å². The van der Waals surface area contributed by atoms with Crippen molar-refractivity contribution in [2.45, 2.75) is 61.5 Å². The van der Waals surface area contributed by atoms with Gasteiger partial charge in [0, 0.05) is 9.16 Å². The molecule has 1 saturated heterocycles. The summed E-state index contributed by atoms with van der Waals surface area (Å²) in [6.45, 7) is 4.04. The van der Waals surface area contributed by atoms with Gasteiger partial charge in [-0.25, -0.2) is 0 Å². The van der Waals surface area contributed by atoms with Crippen LogP contribution < -0.4 is 0 Å². The molecule has 1 aliphatic heterocycles. The number of hydrogen-bond acceptors (Lipinski definition) is 4. The van der Waals surface area contributed by atoms with Gasteiger partial charge in [0.15, 0.2) is 22.5 Å². The van der Waals surface area contributed by atoms with E-state index in [0.717, 1.165) is 48.2 Å². The van der Waals surface area contributed by atoms with Crippen LogP contribution in [0.4, 0.5) is 0 Å². The molecule has 1 rings (SSSR count). The summed E-state index contributed by atoms with van der Waals surface area (Å²) in [5.74, 6) is 0. The lowest BCUT2D eigenvalue weighted by Gasteiger charge is -2.66. The van der Waals surface area contributed by atoms with Gasteiger partial charge in [-0.1, -0.05) is 39.5 Å². The standard InChI is InChI=1S/C14H24O4S2/c1-3-5-7-13-19(9-15,10-16)14(8-6-4-2)20(13,11-17)12-18/h9-14H,3-8H2,1-2H3. The number of hydrogen-bond donors (Lipinski definition) is 0. The van der Waals surface area contributed by atoms with Crippen molar-refractivity contribution < 1.29 is 19.2 Å². The van der Waals surface area contributed by atoms with Crippen molar-refractivity contribution >= 4 is 42.5 Å². The summed E-state index contributed by atoms with van der Waals surface area (Å²) in [5.41, 5.74) is 3.11. The molecule has 0 aromatic carbocycles. The average molecular weight is 320 g/mol. The molecule has 116 valence electrons. The molecule has 1 heterocycles. The Balaban J connectivity index is 3.15. The van der Waals surface area contributed by atoms with Crippen LogP contribution in [0.1, 0.15) is 52.4 Å². The first kappa shape index (κ1) is 17.4. The molecule has 1 fully saturated rings. The summed E-state index contributed by atoms with van der Waals surface area (Å²) < 4.78 is -0.608. The predicted octanol–water partition coefficient (Wildman–Crippen LogP) is 3.40. The highest BCUT2D eigenvalue weighted by molar-refractivity contribution is 8.81. The summed E-state index contributed by atoms with van der Waals surface area (Å²) in [7, 11) is -4.23. The van der Waals surface area contributed by atoms with E-state index < -0.39 is 20.1 Å². The van der Waals surface area contributed by atoms with Crippen molar-refractivity contribution in [2.24, 2.45) is 0 Å². The van der Waals surface area contributed by atoms with E-state index in [-0.39, 0.29) is 9.16 Å². The summed E-state index contributed by atoms with van der Waals surface area (Å²) >= 11 is 0. The van der Waals surface area contributed by atoms with Gasteiger partial charge in [0.2, 0.25) is 0 Å². The van der Waals surface area contributed by atoms with Gasteiger partial charge >= 0.3 is 0 Å². The quantitative estimate of drug-likeness (QED) is 0.578. The topological polar surface area (TPSA) is 68.3 Å².